The fraction of sp³-hybridized carbons (Fsp3) is 0.385. The highest BCUT2D eigenvalue weighted by Crippen LogP contribution is 2.22. The number of nitrogens with zero attached hydrogens (tertiary/aromatic N) is 3. The molecule has 0 aliphatic heterocycles. The van der Waals surface area contributed by atoms with E-state index in [0.717, 1.165) is 36.2 Å². The number of aliphatic hydroxyl groups is 1. The Kier molecular flexibility index (Phi) is 3.88. The topological polar surface area (TPSA) is 49.2 Å². The van der Waals surface area contributed by atoms with Gasteiger partial charge in [-0.3, -0.25) is 0 Å². The summed E-state index contributed by atoms with van der Waals surface area (Å²) >= 11 is 0. The van der Waals surface area contributed by atoms with Gasteiger partial charge in [-0.15, -0.1) is 0 Å². The molecule has 4 nitrogen and oxygen atoms in total. The van der Waals surface area contributed by atoms with E-state index >= 15 is 0 Å². The van der Waals surface area contributed by atoms with Gasteiger partial charge in [0.05, 0.1) is 5.52 Å². The summed E-state index contributed by atoms with van der Waals surface area (Å²) in [6, 6.07) is 7.99. The van der Waals surface area contributed by atoms with Crippen molar-refractivity contribution >= 4 is 16.7 Å². The van der Waals surface area contributed by atoms with E-state index in [0.29, 0.717) is 0 Å². The lowest BCUT2D eigenvalue weighted by Gasteiger charge is -2.22. The largest absolute Gasteiger partial charge is 0.396 e. The van der Waals surface area contributed by atoms with Crippen LogP contribution < -0.4 is 4.90 Å². The second kappa shape index (κ2) is 5.59. The third-order valence-electron chi connectivity index (χ3n) is 2.79. The first-order valence-electron chi connectivity index (χ1n) is 5.92. The molecule has 1 N–H and O–H groups in total. The minimum absolute atomic E-state index is 0.208. The molecule has 0 fully saturated rings. The maximum absolute atomic E-state index is 8.91. The van der Waals surface area contributed by atoms with E-state index in [1.54, 1.807) is 6.33 Å². The average molecular weight is 231 g/mol. The van der Waals surface area contributed by atoms with Crippen LogP contribution in [0.2, 0.25) is 0 Å². The highest BCUT2D eigenvalue weighted by molar-refractivity contribution is 5.89. The molecular weight excluding hydrogens is 214 g/mol. The molecule has 0 spiro atoms. The summed E-state index contributed by atoms with van der Waals surface area (Å²) in [6.07, 6.45) is 2.35. The van der Waals surface area contributed by atoms with E-state index in [9.17, 15) is 0 Å². The number of rotatable bonds is 5. The Morgan fingerprint density at radius 2 is 2.06 bits per heavy atom. The Bertz CT molecular complexity index is 482. The molecule has 2 aromatic rings. The number of fused-ring (bicyclic) bond motifs is 1. The summed E-state index contributed by atoms with van der Waals surface area (Å²) < 4.78 is 0. The van der Waals surface area contributed by atoms with Crippen molar-refractivity contribution < 1.29 is 5.11 Å². The van der Waals surface area contributed by atoms with Crippen molar-refractivity contribution in [1.82, 2.24) is 9.97 Å². The van der Waals surface area contributed by atoms with Gasteiger partial charge in [-0.05, 0) is 25.5 Å². The Morgan fingerprint density at radius 3 is 2.82 bits per heavy atom. The van der Waals surface area contributed by atoms with Crippen molar-refractivity contribution in [3.63, 3.8) is 0 Å². The molecular formula is C13H17N3O. The van der Waals surface area contributed by atoms with Gasteiger partial charge in [-0.25, -0.2) is 9.97 Å². The normalized spacial score (nSPS) is 10.7. The third kappa shape index (κ3) is 2.53. The van der Waals surface area contributed by atoms with Crippen LogP contribution >= 0.6 is 0 Å². The molecule has 0 bridgehead atoms. The molecule has 0 radical (unpaired) electrons. The van der Waals surface area contributed by atoms with Gasteiger partial charge in [0.2, 0.25) is 0 Å². The average Bonchev–Trinajstić information content (AvgIpc) is 2.40. The predicted molar refractivity (Wildman–Crippen MR) is 69.1 cm³/mol. The summed E-state index contributed by atoms with van der Waals surface area (Å²) in [7, 11) is 0. The summed E-state index contributed by atoms with van der Waals surface area (Å²) in [4.78, 5) is 10.8. The Labute approximate surface area is 101 Å². The van der Waals surface area contributed by atoms with Crippen molar-refractivity contribution in [1.29, 1.82) is 0 Å². The lowest BCUT2D eigenvalue weighted by molar-refractivity contribution is 0.289. The van der Waals surface area contributed by atoms with E-state index in [-0.39, 0.29) is 6.61 Å². The van der Waals surface area contributed by atoms with Crippen LogP contribution in [0.4, 0.5) is 5.82 Å². The van der Waals surface area contributed by atoms with Crippen LogP contribution in [0, 0.1) is 0 Å². The van der Waals surface area contributed by atoms with E-state index in [1.807, 2.05) is 24.3 Å². The SMILES string of the molecule is CCN(CCCO)c1ncnc2ccccc12. The lowest BCUT2D eigenvalue weighted by atomic mass is 10.2. The maximum Gasteiger partial charge on any atom is 0.139 e. The Morgan fingerprint density at radius 1 is 1.24 bits per heavy atom. The standard InChI is InChI=1S/C13H17N3O/c1-2-16(8-5-9-17)13-11-6-3-4-7-12(11)14-10-15-13/h3-4,6-7,10,17H,2,5,8-9H2,1H3. The highest BCUT2D eigenvalue weighted by Gasteiger charge is 2.09. The maximum atomic E-state index is 8.91. The Hall–Kier alpha value is -1.68. The van der Waals surface area contributed by atoms with Crippen molar-refractivity contribution in [3.05, 3.63) is 30.6 Å². The number of aromatic nitrogens is 2. The van der Waals surface area contributed by atoms with Gasteiger partial charge in [0.25, 0.3) is 0 Å². The molecule has 1 heterocycles. The van der Waals surface area contributed by atoms with Crippen molar-refractivity contribution in [3.8, 4) is 0 Å². The van der Waals surface area contributed by atoms with Crippen LogP contribution in [-0.2, 0) is 0 Å². The van der Waals surface area contributed by atoms with Crippen LogP contribution in [0.1, 0.15) is 13.3 Å². The molecule has 0 aliphatic carbocycles. The number of hydrogen-bond acceptors (Lipinski definition) is 4. The van der Waals surface area contributed by atoms with Gasteiger partial charge in [0.1, 0.15) is 12.1 Å². The summed E-state index contributed by atoms with van der Waals surface area (Å²) in [5, 5.41) is 9.98. The molecule has 90 valence electrons. The van der Waals surface area contributed by atoms with Gasteiger partial charge in [0, 0.05) is 25.1 Å². The Balaban J connectivity index is 2.38. The fourth-order valence-corrected chi connectivity index (χ4v) is 1.92. The monoisotopic (exact) mass is 231 g/mol. The van der Waals surface area contributed by atoms with E-state index in [4.69, 9.17) is 5.11 Å². The molecule has 17 heavy (non-hydrogen) atoms. The molecule has 0 saturated carbocycles. The zero-order valence-corrected chi connectivity index (χ0v) is 10.0. The number of aliphatic hydroxyl groups excluding tert-OH is 1. The second-order valence-electron chi connectivity index (χ2n) is 3.87. The summed E-state index contributed by atoms with van der Waals surface area (Å²) in [5.74, 6) is 0.951. The van der Waals surface area contributed by atoms with Crippen molar-refractivity contribution in [2.75, 3.05) is 24.6 Å². The first kappa shape index (κ1) is 11.8. The van der Waals surface area contributed by atoms with Gasteiger partial charge < -0.3 is 10.0 Å². The van der Waals surface area contributed by atoms with Gasteiger partial charge >= 0.3 is 0 Å². The van der Waals surface area contributed by atoms with Gasteiger partial charge in [-0.2, -0.15) is 0 Å². The van der Waals surface area contributed by atoms with Crippen LogP contribution in [0.3, 0.4) is 0 Å². The molecule has 0 unspecified atom stereocenters. The van der Waals surface area contributed by atoms with Gasteiger partial charge in [0.15, 0.2) is 0 Å². The number of hydrogen-bond donors (Lipinski definition) is 1. The van der Waals surface area contributed by atoms with Crippen molar-refractivity contribution in [2.24, 2.45) is 0 Å². The van der Waals surface area contributed by atoms with Crippen LogP contribution in [0.5, 0.6) is 0 Å². The quantitative estimate of drug-likeness (QED) is 0.853. The smallest absolute Gasteiger partial charge is 0.139 e. The molecule has 0 amide bonds. The molecule has 2 rings (SSSR count). The number of anilines is 1. The molecule has 1 aromatic heterocycles. The molecule has 0 saturated heterocycles. The second-order valence-corrected chi connectivity index (χ2v) is 3.87. The highest BCUT2D eigenvalue weighted by atomic mass is 16.3. The van der Waals surface area contributed by atoms with E-state index < -0.39 is 0 Å². The van der Waals surface area contributed by atoms with Crippen LogP contribution in [0.15, 0.2) is 30.6 Å². The molecule has 1 aromatic carbocycles. The third-order valence-corrected chi connectivity index (χ3v) is 2.79. The minimum Gasteiger partial charge on any atom is -0.396 e. The first-order valence-corrected chi connectivity index (χ1v) is 5.92. The minimum atomic E-state index is 0.208. The zero-order valence-electron chi connectivity index (χ0n) is 10.0. The molecule has 0 aliphatic rings. The van der Waals surface area contributed by atoms with E-state index in [2.05, 4.69) is 21.8 Å². The lowest BCUT2D eigenvalue weighted by Crippen LogP contribution is -2.25. The molecule has 0 atom stereocenters. The summed E-state index contributed by atoms with van der Waals surface area (Å²) in [6.45, 7) is 3.99. The fourth-order valence-electron chi connectivity index (χ4n) is 1.92. The van der Waals surface area contributed by atoms with Gasteiger partial charge in [-0.1, -0.05) is 12.1 Å². The molecule has 4 heteroatoms. The predicted octanol–water partition coefficient (Wildman–Crippen LogP) is 1.84. The number of para-hydroxylation sites is 1. The van der Waals surface area contributed by atoms with Crippen LogP contribution in [-0.4, -0.2) is 34.8 Å². The van der Waals surface area contributed by atoms with Crippen molar-refractivity contribution in [2.45, 2.75) is 13.3 Å². The van der Waals surface area contributed by atoms with Crippen LogP contribution in [0.25, 0.3) is 10.9 Å². The number of benzene rings is 1. The zero-order chi connectivity index (χ0) is 12.1. The summed E-state index contributed by atoms with van der Waals surface area (Å²) in [5.41, 5.74) is 0.958. The van der Waals surface area contributed by atoms with E-state index in [1.165, 1.54) is 0 Å². The first-order chi connectivity index (χ1) is 8.36.